The molecule has 0 saturated heterocycles. The third-order valence-electron chi connectivity index (χ3n) is 3.08. The van der Waals surface area contributed by atoms with Crippen molar-refractivity contribution in [2.24, 2.45) is 0 Å². The number of nitrogens with zero attached hydrogens (tertiary/aromatic N) is 1. The van der Waals surface area contributed by atoms with Crippen LogP contribution in [-0.2, 0) is 11.3 Å². The van der Waals surface area contributed by atoms with Gasteiger partial charge < -0.3 is 15.4 Å². The SMILES string of the molecule is Cc1ccc(OCC(=O)NC(C)(C)C)c(CNC2CC2)n1. The maximum absolute atomic E-state index is 11.8. The summed E-state index contributed by atoms with van der Waals surface area (Å²) < 4.78 is 5.64. The number of rotatable bonds is 6. The predicted octanol–water partition coefficient (Wildman–Crippen LogP) is 1.94. The van der Waals surface area contributed by atoms with Crippen molar-refractivity contribution in [3.63, 3.8) is 0 Å². The topological polar surface area (TPSA) is 63.2 Å². The minimum atomic E-state index is -0.248. The van der Waals surface area contributed by atoms with Crippen LogP contribution in [0.4, 0.5) is 0 Å². The van der Waals surface area contributed by atoms with Crippen molar-refractivity contribution >= 4 is 5.91 Å². The zero-order valence-electron chi connectivity index (χ0n) is 13.3. The smallest absolute Gasteiger partial charge is 0.258 e. The van der Waals surface area contributed by atoms with Crippen molar-refractivity contribution in [2.75, 3.05) is 6.61 Å². The second-order valence-corrected chi connectivity index (χ2v) is 6.64. The molecule has 5 heteroatoms. The average molecular weight is 291 g/mol. The average Bonchev–Trinajstić information content (AvgIpc) is 3.17. The number of nitrogens with one attached hydrogen (secondary N) is 2. The van der Waals surface area contributed by atoms with Crippen LogP contribution in [0.5, 0.6) is 5.75 Å². The van der Waals surface area contributed by atoms with E-state index in [1.54, 1.807) is 0 Å². The van der Waals surface area contributed by atoms with E-state index < -0.39 is 0 Å². The van der Waals surface area contributed by atoms with Gasteiger partial charge in [-0.05, 0) is 52.7 Å². The fraction of sp³-hybridized carbons (Fsp3) is 0.625. The fourth-order valence-corrected chi connectivity index (χ4v) is 1.98. The molecule has 0 aromatic carbocycles. The first-order chi connectivity index (χ1) is 9.83. The summed E-state index contributed by atoms with van der Waals surface area (Å²) in [4.78, 5) is 16.3. The minimum Gasteiger partial charge on any atom is -0.482 e. The van der Waals surface area contributed by atoms with Gasteiger partial charge in [0.2, 0.25) is 0 Å². The Bertz CT molecular complexity index is 505. The van der Waals surface area contributed by atoms with Crippen LogP contribution >= 0.6 is 0 Å². The zero-order chi connectivity index (χ0) is 15.5. The van der Waals surface area contributed by atoms with Crippen LogP contribution in [0, 0.1) is 6.92 Å². The molecule has 116 valence electrons. The molecule has 2 rings (SSSR count). The van der Waals surface area contributed by atoms with E-state index in [9.17, 15) is 4.79 Å². The molecule has 1 amide bonds. The summed E-state index contributed by atoms with van der Waals surface area (Å²) in [6, 6.07) is 4.40. The molecule has 5 nitrogen and oxygen atoms in total. The molecule has 0 spiro atoms. The first-order valence-corrected chi connectivity index (χ1v) is 7.47. The van der Waals surface area contributed by atoms with Crippen LogP contribution in [0.3, 0.4) is 0 Å². The van der Waals surface area contributed by atoms with E-state index in [1.807, 2.05) is 39.8 Å². The molecule has 1 heterocycles. The van der Waals surface area contributed by atoms with Gasteiger partial charge >= 0.3 is 0 Å². The highest BCUT2D eigenvalue weighted by Crippen LogP contribution is 2.22. The Balaban J connectivity index is 1.93. The van der Waals surface area contributed by atoms with Crippen molar-refractivity contribution in [1.82, 2.24) is 15.6 Å². The second kappa shape index (κ2) is 6.43. The quantitative estimate of drug-likeness (QED) is 0.841. The lowest BCUT2D eigenvalue weighted by molar-refractivity contribution is -0.124. The number of aryl methyl sites for hydroxylation is 1. The number of amides is 1. The van der Waals surface area contributed by atoms with Crippen LogP contribution in [-0.4, -0.2) is 29.1 Å². The lowest BCUT2D eigenvalue weighted by atomic mass is 10.1. The summed E-state index contributed by atoms with van der Waals surface area (Å²) in [6.07, 6.45) is 2.46. The van der Waals surface area contributed by atoms with Crippen molar-refractivity contribution in [3.8, 4) is 5.75 Å². The van der Waals surface area contributed by atoms with Crippen LogP contribution < -0.4 is 15.4 Å². The van der Waals surface area contributed by atoms with E-state index in [-0.39, 0.29) is 18.1 Å². The van der Waals surface area contributed by atoms with E-state index in [2.05, 4.69) is 15.6 Å². The normalized spacial score (nSPS) is 14.9. The molecule has 1 aliphatic carbocycles. The molecule has 1 saturated carbocycles. The standard InChI is InChI=1S/C16H25N3O2/c1-11-5-8-14(13(18-11)9-17-12-6-7-12)21-10-15(20)19-16(2,3)4/h5,8,12,17H,6-7,9-10H2,1-4H3,(H,19,20). The van der Waals surface area contributed by atoms with Gasteiger partial charge in [-0.25, -0.2) is 0 Å². The van der Waals surface area contributed by atoms with Crippen molar-refractivity contribution in [2.45, 2.75) is 58.7 Å². The molecule has 0 aliphatic heterocycles. The predicted molar refractivity (Wildman–Crippen MR) is 82.2 cm³/mol. The number of hydrogen-bond acceptors (Lipinski definition) is 4. The van der Waals surface area contributed by atoms with Gasteiger partial charge in [0.25, 0.3) is 5.91 Å². The number of carbonyl (C=O) groups excluding carboxylic acids is 1. The maximum Gasteiger partial charge on any atom is 0.258 e. The van der Waals surface area contributed by atoms with Gasteiger partial charge in [0.05, 0.1) is 5.69 Å². The van der Waals surface area contributed by atoms with E-state index in [1.165, 1.54) is 12.8 Å². The Kier molecular flexibility index (Phi) is 4.83. The highest BCUT2D eigenvalue weighted by molar-refractivity contribution is 5.78. The highest BCUT2D eigenvalue weighted by atomic mass is 16.5. The van der Waals surface area contributed by atoms with Crippen LogP contribution in [0.2, 0.25) is 0 Å². The first-order valence-electron chi connectivity index (χ1n) is 7.47. The molecular weight excluding hydrogens is 266 g/mol. The van der Waals surface area contributed by atoms with E-state index in [4.69, 9.17) is 4.74 Å². The molecule has 21 heavy (non-hydrogen) atoms. The van der Waals surface area contributed by atoms with Crippen molar-refractivity contribution < 1.29 is 9.53 Å². The summed E-state index contributed by atoms with van der Waals surface area (Å²) in [5.41, 5.74) is 1.57. The summed E-state index contributed by atoms with van der Waals surface area (Å²) in [6.45, 7) is 8.49. The Morgan fingerprint density at radius 3 is 2.71 bits per heavy atom. The number of pyridine rings is 1. The monoisotopic (exact) mass is 291 g/mol. The number of ether oxygens (including phenoxy) is 1. The summed E-state index contributed by atoms with van der Waals surface area (Å²) in [5, 5.41) is 6.30. The van der Waals surface area contributed by atoms with Gasteiger partial charge in [-0.1, -0.05) is 0 Å². The van der Waals surface area contributed by atoms with Crippen LogP contribution in [0.25, 0.3) is 0 Å². The molecule has 0 atom stereocenters. The van der Waals surface area contributed by atoms with Gasteiger partial charge in [-0.3, -0.25) is 9.78 Å². The minimum absolute atomic E-state index is 0.0123. The third kappa shape index (κ3) is 5.71. The fourth-order valence-electron chi connectivity index (χ4n) is 1.98. The number of hydrogen-bond donors (Lipinski definition) is 2. The Morgan fingerprint density at radius 2 is 2.10 bits per heavy atom. The Labute approximate surface area is 126 Å². The highest BCUT2D eigenvalue weighted by Gasteiger charge is 2.21. The Hall–Kier alpha value is -1.62. The van der Waals surface area contributed by atoms with Crippen molar-refractivity contribution in [1.29, 1.82) is 0 Å². The first kappa shape index (κ1) is 15.8. The van der Waals surface area contributed by atoms with Gasteiger partial charge in [0, 0.05) is 23.8 Å². The molecule has 0 unspecified atom stereocenters. The maximum atomic E-state index is 11.8. The molecule has 0 radical (unpaired) electrons. The van der Waals surface area contributed by atoms with Crippen LogP contribution in [0.1, 0.15) is 45.0 Å². The lowest BCUT2D eigenvalue weighted by Gasteiger charge is -2.20. The molecule has 1 fully saturated rings. The number of carbonyl (C=O) groups is 1. The Morgan fingerprint density at radius 1 is 1.38 bits per heavy atom. The third-order valence-corrected chi connectivity index (χ3v) is 3.08. The van der Waals surface area contributed by atoms with Crippen LogP contribution in [0.15, 0.2) is 12.1 Å². The molecule has 1 aliphatic rings. The van der Waals surface area contributed by atoms with E-state index >= 15 is 0 Å². The summed E-state index contributed by atoms with van der Waals surface area (Å²) >= 11 is 0. The molecule has 1 aromatic heterocycles. The largest absolute Gasteiger partial charge is 0.482 e. The zero-order valence-corrected chi connectivity index (χ0v) is 13.3. The molecular formula is C16H25N3O2. The van der Waals surface area contributed by atoms with Gasteiger partial charge in [-0.15, -0.1) is 0 Å². The van der Waals surface area contributed by atoms with E-state index in [0.717, 1.165) is 11.4 Å². The van der Waals surface area contributed by atoms with E-state index in [0.29, 0.717) is 18.3 Å². The summed E-state index contributed by atoms with van der Waals surface area (Å²) in [7, 11) is 0. The second-order valence-electron chi connectivity index (χ2n) is 6.64. The molecule has 2 N–H and O–H groups in total. The van der Waals surface area contributed by atoms with Crippen molar-refractivity contribution in [3.05, 3.63) is 23.5 Å². The lowest BCUT2D eigenvalue weighted by Crippen LogP contribution is -2.43. The van der Waals surface area contributed by atoms with Gasteiger partial charge in [0.1, 0.15) is 5.75 Å². The van der Waals surface area contributed by atoms with Gasteiger partial charge in [0.15, 0.2) is 6.61 Å². The summed E-state index contributed by atoms with van der Waals surface area (Å²) in [5.74, 6) is 0.557. The molecule has 1 aromatic rings. The molecule has 0 bridgehead atoms. The number of aromatic nitrogens is 1. The van der Waals surface area contributed by atoms with Gasteiger partial charge in [-0.2, -0.15) is 0 Å².